The predicted molar refractivity (Wildman–Crippen MR) is 131 cm³/mol. The number of anilines is 2. The standard InChI is InChI=1S/C26H23N3O4S/c1-33-24-15-13-23(14-16-24)29(34(31,32)25-7-3-2-4-8-25)19-20-9-11-21(12-10-20)26(30)28-22-6-5-17-27-18-22/h2-18H,19H2,1H3,(H,28,30). The van der Waals surface area contributed by atoms with Crippen LogP contribution >= 0.6 is 0 Å². The average molecular weight is 474 g/mol. The molecule has 0 spiro atoms. The summed E-state index contributed by atoms with van der Waals surface area (Å²) >= 11 is 0. The molecule has 1 aromatic heterocycles. The molecule has 0 aliphatic heterocycles. The lowest BCUT2D eigenvalue weighted by molar-refractivity contribution is 0.102. The smallest absolute Gasteiger partial charge is 0.264 e. The summed E-state index contributed by atoms with van der Waals surface area (Å²) in [5.41, 5.74) is 2.28. The van der Waals surface area contributed by atoms with Crippen LogP contribution < -0.4 is 14.4 Å². The van der Waals surface area contributed by atoms with Gasteiger partial charge >= 0.3 is 0 Å². The molecule has 0 saturated heterocycles. The number of aromatic nitrogens is 1. The first kappa shape index (κ1) is 23.0. The van der Waals surface area contributed by atoms with Gasteiger partial charge in [0.25, 0.3) is 15.9 Å². The van der Waals surface area contributed by atoms with Crippen molar-refractivity contribution in [2.24, 2.45) is 0 Å². The molecule has 172 valence electrons. The van der Waals surface area contributed by atoms with Crippen molar-refractivity contribution in [1.82, 2.24) is 4.98 Å². The minimum Gasteiger partial charge on any atom is -0.497 e. The van der Waals surface area contributed by atoms with Crippen molar-refractivity contribution in [3.8, 4) is 5.75 Å². The van der Waals surface area contributed by atoms with Crippen LogP contribution in [0, 0.1) is 0 Å². The van der Waals surface area contributed by atoms with Crippen LogP contribution in [0.2, 0.25) is 0 Å². The van der Waals surface area contributed by atoms with Crippen LogP contribution in [0.15, 0.2) is 108 Å². The highest BCUT2D eigenvalue weighted by atomic mass is 32.2. The second-order valence-corrected chi connectivity index (χ2v) is 9.28. The third-order valence-electron chi connectivity index (χ3n) is 5.15. The first-order valence-electron chi connectivity index (χ1n) is 10.5. The van der Waals surface area contributed by atoms with Crippen molar-refractivity contribution in [3.63, 3.8) is 0 Å². The van der Waals surface area contributed by atoms with E-state index in [4.69, 9.17) is 4.74 Å². The molecular weight excluding hydrogens is 450 g/mol. The highest BCUT2D eigenvalue weighted by Crippen LogP contribution is 2.28. The Hall–Kier alpha value is -4.17. The number of rotatable bonds is 8. The molecule has 0 aliphatic carbocycles. The van der Waals surface area contributed by atoms with E-state index in [1.54, 1.807) is 110 Å². The summed E-state index contributed by atoms with van der Waals surface area (Å²) in [6.45, 7) is 0.0913. The summed E-state index contributed by atoms with van der Waals surface area (Å²) in [4.78, 5) is 16.7. The van der Waals surface area contributed by atoms with Crippen LogP contribution in [0.1, 0.15) is 15.9 Å². The SMILES string of the molecule is COc1ccc(N(Cc2ccc(C(=O)Nc3cccnc3)cc2)S(=O)(=O)c2ccccc2)cc1. The van der Waals surface area contributed by atoms with Crippen LogP contribution in [-0.2, 0) is 16.6 Å². The number of sulfonamides is 1. The Morgan fingerprint density at radius 1 is 0.912 bits per heavy atom. The van der Waals surface area contributed by atoms with E-state index < -0.39 is 10.0 Å². The molecule has 7 nitrogen and oxygen atoms in total. The number of hydrogen-bond acceptors (Lipinski definition) is 5. The van der Waals surface area contributed by atoms with E-state index in [0.717, 1.165) is 5.56 Å². The lowest BCUT2D eigenvalue weighted by Crippen LogP contribution is -2.30. The Kier molecular flexibility index (Phi) is 6.89. The summed E-state index contributed by atoms with van der Waals surface area (Å²) in [5, 5.41) is 2.78. The monoisotopic (exact) mass is 473 g/mol. The van der Waals surface area contributed by atoms with E-state index in [9.17, 15) is 13.2 Å². The molecule has 0 atom stereocenters. The minimum absolute atomic E-state index is 0.0913. The summed E-state index contributed by atoms with van der Waals surface area (Å²) in [6, 6.07) is 25.4. The first-order valence-corrected chi connectivity index (χ1v) is 11.9. The molecule has 0 unspecified atom stereocenters. The zero-order valence-electron chi connectivity index (χ0n) is 18.5. The zero-order chi connectivity index (χ0) is 24.0. The molecule has 0 aliphatic rings. The van der Waals surface area contributed by atoms with Gasteiger partial charge in [-0.3, -0.25) is 14.1 Å². The molecule has 0 fully saturated rings. The summed E-state index contributed by atoms with van der Waals surface area (Å²) in [5.74, 6) is 0.355. The number of amides is 1. The minimum atomic E-state index is -3.83. The van der Waals surface area contributed by atoms with Gasteiger partial charge in [-0.2, -0.15) is 0 Å². The van der Waals surface area contributed by atoms with Gasteiger partial charge in [-0.1, -0.05) is 30.3 Å². The van der Waals surface area contributed by atoms with Crippen LogP contribution in [0.4, 0.5) is 11.4 Å². The molecule has 3 aromatic carbocycles. The van der Waals surface area contributed by atoms with E-state index in [2.05, 4.69) is 10.3 Å². The topological polar surface area (TPSA) is 88.6 Å². The first-order chi connectivity index (χ1) is 16.5. The number of carbonyl (C=O) groups is 1. The van der Waals surface area contributed by atoms with Crippen LogP contribution in [0.3, 0.4) is 0 Å². The Bertz CT molecular complexity index is 1340. The molecule has 8 heteroatoms. The molecule has 0 saturated carbocycles. The number of ether oxygens (including phenoxy) is 1. The second kappa shape index (κ2) is 10.2. The molecule has 1 amide bonds. The van der Waals surface area contributed by atoms with Crippen molar-refractivity contribution in [3.05, 3.63) is 115 Å². The fraction of sp³-hybridized carbons (Fsp3) is 0.0769. The van der Waals surface area contributed by atoms with E-state index >= 15 is 0 Å². The Morgan fingerprint density at radius 2 is 1.62 bits per heavy atom. The average Bonchev–Trinajstić information content (AvgIpc) is 2.89. The molecule has 4 aromatic rings. The molecule has 1 N–H and O–H groups in total. The molecule has 0 bridgehead atoms. The highest BCUT2D eigenvalue weighted by molar-refractivity contribution is 7.92. The zero-order valence-corrected chi connectivity index (χ0v) is 19.3. The fourth-order valence-electron chi connectivity index (χ4n) is 3.35. The highest BCUT2D eigenvalue weighted by Gasteiger charge is 2.25. The summed E-state index contributed by atoms with van der Waals surface area (Å²) in [7, 11) is -2.28. The normalized spacial score (nSPS) is 11.0. The third-order valence-corrected chi connectivity index (χ3v) is 6.94. The van der Waals surface area contributed by atoms with Crippen molar-refractivity contribution in [2.75, 3.05) is 16.7 Å². The number of nitrogens with one attached hydrogen (secondary N) is 1. The van der Waals surface area contributed by atoms with E-state index in [-0.39, 0.29) is 17.3 Å². The van der Waals surface area contributed by atoms with Gasteiger partial charge in [0.15, 0.2) is 0 Å². The molecule has 1 heterocycles. The van der Waals surface area contributed by atoms with Crippen molar-refractivity contribution >= 4 is 27.3 Å². The predicted octanol–water partition coefficient (Wildman–Crippen LogP) is 4.74. The molecular formula is C26H23N3O4S. The van der Waals surface area contributed by atoms with Gasteiger partial charge in [-0.25, -0.2) is 8.42 Å². The van der Waals surface area contributed by atoms with Crippen molar-refractivity contribution in [2.45, 2.75) is 11.4 Å². The van der Waals surface area contributed by atoms with Crippen LogP contribution in [0.5, 0.6) is 5.75 Å². The summed E-state index contributed by atoms with van der Waals surface area (Å²) < 4.78 is 33.5. The second-order valence-electron chi connectivity index (χ2n) is 7.42. The Morgan fingerprint density at radius 3 is 2.24 bits per heavy atom. The Balaban J connectivity index is 1.60. The van der Waals surface area contributed by atoms with Gasteiger partial charge < -0.3 is 10.1 Å². The summed E-state index contributed by atoms with van der Waals surface area (Å²) in [6.07, 6.45) is 3.19. The van der Waals surface area contributed by atoms with Gasteiger partial charge in [0.1, 0.15) is 5.75 Å². The van der Waals surface area contributed by atoms with E-state index in [0.29, 0.717) is 22.7 Å². The number of hydrogen-bond donors (Lipinski definition) is 1. The Labute approximate surface area is 198 Å². The lowest BCUT2D eigenvalue weighted by Gasteiger charge is -2.25. The number of methoxy groups -OCH3 is 1. The van der Waals surface area contributed by atoms with E-state index in [1.165, 1.54) is 4.31 Å². The fourth-order valence-corrected chi connectivity index (χ4v) is 4.82. The van der Waals surface area contributed by atoms with Crippen molar-refractivity contribution < 1.29 is 17.9 Å². The van der Waals surface area contributed by atoms with Gasteiger partial charge in [-0.15, -0.1) is 0 Å². The van der Waals surface area contributed by atoms with E-state index in [1.807, 2.05) is 0 Å². The maximum absolute atomic E-state index is 13.5. The van der Waals surface area contributed by atoms with Crippen LogP contribution in [0.25, 0.3) is 0 Å². The van der Waals surface area contributed by atoms with Gasteiger partial charge in [0, 0.05) is 11.8 Å². The largest absolute Gasteiger partial charge is 0.497 e. The molecule has 0 radical (unpaired) electrons. The number of pyridine rings is 1. The lowest BCUT2D eigenvalue weighted by atomic mass is 10.1. The molecule has 34 heavy (non-hydrogen) atoms. The van der Waals surface area contributed by atoms with Gasteiger partial charge in [0.2, 0.25) is 0 Å². The quantitative estimate of drug-likeness (QED) is 0.399. The van der Waals surface area contributed by atoms with Crippen molar-refractivity contribution in [1.29, 1.82) is 0 Å². The number of carbonyl (C=O) groups excluding carboxylic acids is 1. The molecule has 4 rings (SSSR count). The van der Waals surface area contributed by atoms with Gasteiger partial charge in [-0.05, 0) is 66.2 Å². The van der Waals surface area contributed by atoms with Gasteiger partial charge in [0.05, 0.1) is 36.1 Å². The number of nitrogens with zero attached hydrogens (tertiary/aromatic N) is 2. The maximum atomic E-state index is 13.5. The maximum Gasteiger partial charge on any atom is 0.264 e. The third kappa shape index (κ3) is 5.24. The number of benzene rings is 3. The van der Waals surface area contributed by atoms with Crippen LogP contribution in [-0.4, -0.2) is 26.4 Å².